The number of halogens is 2. The highest BCUT2D eigenvalue weighted by Crippen LogP contribution is 2.36. The molecule has 0 atom stereocenters. The molecule has 0 aliphatic carbocycles. The van der Waals surface area contributed by atoms with E-state index in [0.29, 0.717) is 23.3 Å². The lowest BCUT2D eigenvalue weighted by Gasteiger charge is -2.26. The average Bonchev–Trinajstić information content (AvgIpc) is 2.62. The van der Waals surface area contributed by atoms with Crippen molar-refractivity contribution in [1.29, 1.82) is 0 Å². The van der Waals surface area contributed by atoms with Crippen molar-refractivity contribution in [2.75, 3.05) is 14.2 Å². The molecule has 0 saturated heterocycles. The van der Waals surface area contributed by atoms with Crippen LogP contribution in [-0.4, -0.2) is 20.2 Å². The summed E-state index contributed by atoms with van der Waals surface area (Å²) in [6, 6.07) is 7.03. The summed E-state index contributed by atoms with van der Waals surface area (Å²) in [4.78, 5) is 11.9. The SMILES string of the molecule is CCCC(C)(C)Cc1cc(C(=O)OC)c(F)cc1-c1cc(OC)ccc1F. The van der Waals surface area contributed by atoms with Crippen molar-refractivity contribution in [3.63, 3.8) is 0 Å². The molecule has 0 N–H and O–H groups in total. The number of carbonyl (C=O) groups is 1. The molecule has 3 nitrogen and oxygen atoms in total. The van der Waals surface area contributed by atoms with Gasteiger partial charge in [0.2, 0.25) is 0 Å². The van der Waals surface area contributed by atoms with E-state index in [9.17, 15) is 13.6 Å². The van der Waals surface area contributed by atoms with Crippen LogP contribution in [0.4, 0.5) is 8.78 Å². The predicted octanol–water partition coefficient (Wildman–Crippen LogP) is 5.80. The number of benzene rings is 2. The van der Waals surface area contributed by atoms with Gasteiger partial charge in [0, 0.05) is 5.56 Å². The van der Waals surface area contributed by atoms with Crippen molar-refractivity contribution < 1.29 is 23.0 Å². The maximum atomic E-state index is 14.6. The van der Waals surface area contributed by atoms with Crippen molar-refractivity contribution in [3.8, 4) is 16.9 Å². The van der Waals surface area contributed by atoms with Gasteiger partial charge in [-0.1, -0.05) is 27.2 Å². The number of rotatable bonds is 7. The maximum absolute atomic E-state index is 14.6. The zero-order valence-corrected chi connectivity index (χ0v) is 16.5. The van der Waals surface area contributed by atoms with Crippen LogP contribution in [0.5, 0.6) is 5.75 Å². The van der Waals surface area contributed by atoms with Gasteiger partial charge >= 0.3 is 5.97 Å². The second-order valence-corrected chi connectivity index (χ2v) is 7.42. The van der Waals surface area contributed by atoms with Gasteiger partial charge in [-0.2, -0.15) is 0 Å². The molecule has 0 aromatic heterocycles. The van der Waals surface area contributed by atoms with E-state index >= 15 is 0 Å². The number of methoxy groups -OCH3 is 2. The third kappa shape index (κ3) is 4.85. The first-order valence-corrected chi connectivity index (χ1v) is 8.97. The fraction of sp³-hybridized carbons (Fsp3) is 0.409. The fourth-order valence-electron chi connectivity index (χ4n) is 3.40. The molecular weight excluding hydrogens is 350 g/mol. The third-order valence-electron chi connectivity index (χ3n) is 4.66. The number of esters is 1. The lowest BCUT2D eigenvalue weighted by Crippen LogP contribution is -2.16. The topological polar surface area (TPSA) is 35.5 Å². The molecule has 0 radical (unpaired) electrons. The highest BCUT2D eigenvalue weighted by atomic mass is 19.1. The van der Waals surface area contributed by atoms with Gasteiger partial charge in [-0.15, -0.1) is 0 Å². The van der Waals surface area contributed by atoms with Gasteiger partial charge in [-0.3, -0.25) is 0 Å². The quantitative estimate of drug-likeness (QED) is 0.573. The zero-order valence-electron chi connectivity index (χ0n) is 16.5. The first kappa shape index (κ1) is 20.9. The summed E-state index contributed by atoms with van der Waals surface area (Å²) < 4.78 is 39.0. The molecule has 0 saturated carbocycles. The van der Waals surface area contributed by atoms with Gasteiger partial charge in [-0.05, 0) is 59.7 Å². The molecular formula is C22H26F2O3. The van der Waals surface area contributed by atoms with Crippen LogP contribution in [-0.2, 0) is 11.2 Å². The Hall–Kier alpha value is -2.43. The Balaban J connectivity index is 2.68. The van der Waals surface area contributed by atoms with E-state index in [4.69, 9.17) is 4.74 Å². The largest absolute Gasteiger partial charge is 0.497 e. The van der Waals surface area contributed by atoms with E-state index < -0.39 is 17.6 Å². The van der Waals surface area contributed by atoms with E-state index in [1.54, 1.807) is 0 Å². The Kier molecular flexibility index (Phi) is 6.58. The minimum absolute atomic E-state index is 0.0932. The first-order chi connectivity index (χ1) is 12.7. The minimum atomic E-state index is -0.750. The highest BCUT2D eigenvalue weighted by molar-refractivity contribution is 5.91. The summed E-state index contributed by atoms with van der Waals surface area (Å²) in [6.45, 7) is 6.29. The lowest BCUT2D eigenvalue weighted by atomic mass is 9.79. The molecule has 5 heteroatoms. The molecule has 0 fully saturated rings. The summed E-state index contributed by atoms with van der Waals surface area (Å²) in [6.07, 6.45) is 2.50. The Bertz CT molecular complexity index is 829. The number of ether oxygens (including phenoxy) is 2. The average molecular weight is 376 g/mol. The van der Waals surface area contributed by atoms with E-state index in [0.717, 1.165) is 12.8 Å². The van der Waals surface area contributed by atoms with E-state index in [-0.39, 0.29) is 16.5 Å². The predicted molar refractivity (Wildman–Crippen MR) is 102 cm³/mol. The van der Waals surface area contributed by atoms with Crippen LogP contribution in [0.15, 0.2) is 30.3 Å². The van der Waals surface area contributed by atoms with Crippen molar-refractivity contribution in [2.45, 2.75) is 40.0 Å². The Morgan fingerprint density at radius 2 is 1.74 bits per heavy atom. The van der Waals surface area contributed by atoms with Crippen molar-refractivity contribution >= 4 is 5.97 Å². The van der Waals surface area contributed by atoms with Crippen LogP contribution in [0.2, 0.25) is 0 Å². The zero-order chi connectivity index (χ0) is 20.2. The normalized spacial score (nSPS) is 11.4. The Morgan fingerprint density at radius 3 is 2.33 bits per heavy atom. The van der Waals surface area contributed by atoms with E-state index in [1.165, 1.54) is 44.6 Å². The van der Waals surface area contributed by atoms with Gasteiger partial charge in [0.25, 0.3) is 0 Å². The van der Waals surface area contributed by atoms with Crippen LogP contribution in [0.25, 0.3) is 11.1 Å². The van der Waals surface area contributed by atoms with Crippen LogP contribution in [0, 0.1) is 17.0 Å². The molecule has 27 heavy (non-hydrogen) atoms. The monoisotopic (exact) mass is 376 g/mol. The molecule has 0 aliphatic rings. The number of hydrogen-bond acceptors (Lipinski definition) is 3. The Labute approximate surface area is 159 Å². The molecule has 0 heterocycles. The first-order valence-electron chi connectivity index (χ1n) is 8.97. The summed E-state index contributed by atoms with van der Waals surface area (Å²) in [5.41, 5.74) is 1.12. The van der Waals surface area contributed by atoms with Gasteiger partial charge < -0.3 is 9.47 Å². The summed E-state index contributed by atoms with van der Waals surface area (Å²) >= 11 is 0. The summed E-state index contributed by atoms with van der Waals surface area (Å²) in [5.74, 6) is -1.49. The van der Waals surface area contributed by atoms with Crippen LogP contribution < -0.4 is 4.74 Å². The number of carbonyl (C=O) groups excluding carboxylic acids is 1. The standard InChI is InChI=1S/C22H26F2O3/c1-6-9-22(2,3)13-14-10-18(21(25)27-5)20(24)12-16(14)17-11-15(26-4)7-8-19(17)23/h7-8,10-12H,6,9,13H2,1-5H3. The molecule has 0 amide bonds. The molecule has 0 unspecified atom stereocenters. The van der Waals surface area contributed by atoms with Gasteiger partial charge in [0.1, 0.15) is 17.4 Å². The molecule has 2 aromatic rings. The smallest absolute Gasteiger partial charge is 0.340 e. The number of hydrogen-bond donors (Lipinski definition) is 0. The summed E-state index contributed by atoms with van der Waals surface area (Å²) in [5, 5.41) is 0. The Morgan fingerprint density at radius 1 is 1.04 bits per heavy atom. The second kappa shape index (κ2) is 8.51. The third-order valence-corrected chi connectivity index (χ3v) is 4.66. The second-order valence-electron chi connectivity index (χ2n) is 7.42. The molecule has 0 spiro atoms. The fourth-order valence-corrected chi connectivity index (χ4v) is 3.40. The van der Waals surface area contributed by atoms with Gasteiger partial charge in [-0.25, -0.2) is 13.6 Å². The van der Waals surface area contributed by atoms with Crippen LogP contribution >= 0.6 is 0 Å². The van der Waals surface area contributed by atoms with Crippen LogP contribution in [0.3, 0.4) is 0 Å². The highest BCUT2D eigenvalue weighted by Gasteiger charge is 2.24. The van der Waals surface area contributed by atoms with Crippen LogP contribution in [0.1, 0.15) is 49.5 Å². The van der Waals surface area contributed by atoms with E-state index in [2.05, 4.69) is 25.5 Å². The lowest BCUT2D eigenvalue weighted by molar-refractivity contribution is 0.0595. The molecule has 2 rings (SSSR count). The van der Waals surface area contributed by atoms with Gasteiger partial charge in [0.05, 0.1) is 19.8 Å². The van der Waals surface area contributed by atoms with Crippen molar-refractivity contribution in [3.05, 3.63) is 53.1 Å². The van der Waals surface area contributed by atoms with Crippen molar-refractivity contribution in [1.82, 2.24) is 0 Å². The molecule has 0 bridgehead atoms. The minimum Gasteiger partial charge on any atom is -0.497 e. The summed E-state index contributed by atoms with van der Waals surface area (Å²) in [7, 11) is 2.70. The maximum Gasteiger partial charge on any atom is 0.340 e. The molecule has 146 valence electrons. The van der Waals surface area contributed by atoms with E-state index in [1.807, 2.05) is 0 Å². The van der Waals surface area contributed by atoms with Crippen molar-refractivity contribution in [2.24, 2.45) is 5.41 Å². The molecule has 2 aromatic carbocycles. The van der Waals surface area contributed by atoms with Gasteiger partial charge in [0.15, 0.2) is 0 Å². The molecule has 0 aliphatic heterocycles.